The molecule has 1 aromatic rings. The molecular formula is C12H17N. The van der Waals surface area contributed by atoms with Gasteiger partial charge in [-0.15, -0.1) is 0 Å². The first-order chi connectivity index (χ1) is 6.15. The molecule has 0 aliphatic rings. The summed E-state index contributed by atoms with van der Waals surface area (Å²) in [6.07, 6.45) is 0. The SMILES string of the molecule is C=C(CN)c1cccc(C(C)C)c1. The molecule has 1 rings (SSSR count). The summed E-state index contributed by atoms with van der Waals surface area (Å²) in [5.74, 6) is 0.561. The maximum absolute atomic E-state index is 5.53. The number of benzene rings is 1. The quantitative estimate of drug-likeness (QED) is 0.751. The Morgan fingerprint density at radius 3 is 2.69 bits per heavy atom. The van der Waals surface area contributed by atoms with Crippen LogP contribution >= 0.6 is 0 Å². The standard InChI is InChI=1S/C12H17N/c1-9(2)11-5-4-6-12(7-11)10(3)8-13/h4-7,9H,3,8,13H2,1-2H3. The van der Waals surface area contributed by atoms with Crippen molar-refractivity contribution in [1.29, 1.82) is 0 Å². The molecule has 0 amide bonds. The summed E-state index contributed by atoms with van der Waals surface area (Å²) in [5, 5.41) is 0. The molecule has 1 aromatic carbocycles. The van der Waals surface area contributed by atoms with Crippen LogP contribution in [0.15, 0.2) is 30.8 Å². The molecule has 0 aliphatic carbocycles. The van der Waals surface area contributed by atoms with Crippen molar-refractivity contribution >= 4 is 5.57 Å². The van der Waals surface area contributed by atoms with Crippen molar-refractivity contribution in [2.45, 2.75) is 19.8 Å². The molecule has 0 atom stereocenters. The molecule has 0 unspecified atom stereocenters. The van der Waals surface area contributed by atoms with Gasteiger partial charge >= 0.3 is 0 Å². The second-order valence-electron chi connectivity index (χ2n) is 3.59. The van der Waals surface area contributed by atoms with Crippen LogP contribution in [0.2, 0.25) is 0 Å². The Morgan fingerprint density at radius 2 is 2.15 bits per heavy atom. The zero-order valence-corrected chi connectivity index (χ0v) is 8.38. The Labute approximate surface area is 80.3 Å². The summed E-state index contributed by atoms with van der Waals surface area (Å²) >= 11 is 0. The lowest BCUT2D eigenvalue weighted by molar-refractivity contribution is 0.866. The van der Waals surface area contributed by atoms with Crippen molar-refractivity contribution in [3.8, 4) is 0 Å². The Balaban J connectivity index is 2.98. The summed E-state index contributed by atoms with van der Waals surface area (Å²) in [7, 11) is 0. The van der Waals surface area contributed by atoms with Crippen LogP contribution in [0.25, 0.3) is 5.57 Å². The number of nitrogens with two attached hydrogens (primary N) is 1. The van der Waals surface area contributed by atoms with Gasteiger partial charge in [-0.1, -0.05) is 44.7 Å². The molecule has 0 fully saturated rings. The van der Waals surface area contributed by atoms with Gasteiger partial charge in [0, 0.05) is 6.54 Å². The highest BCUT2D eigenvalue weighted by molar-refractivity contribution is 5.65. The molecule has 0 saturated heterocycles. The van der Waals surface area contributed by atoms with E-state index in [4.69, 9.17) is 5.73 Å². The van der Waals surface area contributed by atoms with E-state index in [1.165, 1.54) is 5.56 Å². The molecule has 0 radical (unpaired) electrons. The van der Waals surface area contributed by atoms with Crippen molar-refractivity contribution in [3.05, 3.63) is 42.0 Å². The van der Waals surface area contributed by atoms with E-state index in [2.05, 4.69) is 44.7 Å². The lowest BCUT2D eigenvalue weighted by Gasteiger charge is -2.08. The van der Waals surface area contributed by atoms with E-state index in [-0.39, 0.29) is 0 Å². The monoisotopic (exact) mass is 175 g/mol. The molecule has 0 heterocycles. The van der Waals surface area contributed by atoms with Gasteiger partial charge in [0.15, 0.2) is 0 Å². The number of hydrogen-bond acceptors (Lipinski definition) is 1. The smallest absolute Gasteiger partial charge is 0.0178 e. The third kappa shape index (κ3) is 2.43. The van der Waals surface area contributed by atoms with Gasteiger partial charge in [0.1, 0.15) is 0 Å². The molecular weight excluding hydrogens is 158 g/mol. The fraction of sp³-hybridized carbons (Fsp3) is 0.333. The summed E-state index contributed by atoms with van der Waals surface area (Å²) in [6, 6.07) is 8.42. The fourth-order valence-corrected chi connectivity index (χ4v) is 1.24. The van der Waals surface area contributed by atoms with Crippen molar-refractivity contribution in [2.24, 2.45) is 5.73 Å². The maximum Gasteiger partial charge on any atom is 0.0178 e. The Kier molecular flexibility index (Phi) is 3.26. The average molecular weight is 175 g/mol. The number of hydrogen-bond donors (Lipinski definition) is 1. The van der Waals surface area contributed by atoms with E-state index in [0.29, 0.717) is 12.5 Å². The minimum Gasteiger partial charge on any atom is -0.326 e. The summed E-state index contributed by atoms with van der Waals surface area (Å²) in [6.45, 7) is 8.82. The minimum absolute atomic E-state index is 0.529. The molecule has 13 heavy (non-hydrogen) atoms. The Bertz CT molecular complexity index is 300. The van der Waals surface area contributed by atoms with Crippen LogP contribution in [-0.4, -0.2) is 6.54 Å². The van der Waals surface area contributed by atoms with Crippen molar-refractivity contribution in [1.82, 2.24) is 0 Å². The molecule has 0 spiro atoms. The van der Waals surface area contributed by atoms with Crippen LogP contribution < -0.4 is 5.73 Å². The van der Waals surface area contributed by atoms with Crippen molar-refractivity contribution < 1.29 is 0 Å². The first-order valence-electron chi connectivity index (χ1n) is 4.63. The van der Waals surface area contributed by atoms with E-state index in [0.717, 1.165) is 11.1 Å². The second-order valence-corrected chi connectivity index (χ2v) is 3.59. The topological polar surface area (TPSA) is 26.0 Å². The van der Waals surface area contributed by atoms with E-state index in [1.54, 1.807) is 0 Å². The van der Waals surface area contributed by atoms with E-state index in [9.17, 15) is 0 Å². The predicted octanol–water partition coefficient (Wildman–Crippen LogP) is 2.78. The second kappa shape index (κ2) is 4.24. The lowest BCUT2D eigenvalue weighted by Crippen LogP contribution is -2.01. The predicted molar refractivity (Wildman–Crippen MR) is 58.6 cm³/mol. The Morgan fingerprint density at radius 1 is 1.46 bits per heavy atom. The highest BCUT2D eigenvalue weighted by atomic mass is 14.5. The van der Waals surface area contributed by atoms with Crippen molar-refractivity contribution in [2.75, 3.05) is 6.54 Å². The summed E-state index contributed by atoms with van der Waals surface area (Å²) < 4.78 is 0. The molecule has 0 aliphatic heterocycles. The van der Waals surface area contributed by atoms with Crippen LogP contribution in [0.3, 0.4) is 0 Å². The summed E-state index contributed by atoms with van der Waals surface area (Å²) in [4.78, 5) is 0. The number of rotatable bonds is 3. The van der Waals surface area contributed by atoms with Gasteiger partial charge < -0.3 is 5.73 Å². The first-order valence-corrected chi connectivity index (χ1v) is 4.63. The minimum atomic E-state index is 0.529. The van der Waals surface area contributed by atoms with Crippen LogP contribution in [0.4, 0.5) is 0 Å². The molecule has 1 heteroatoms. The summed E-state index contributed by atoms with van der Waals surface area (Å²) in [5.41, 5.74) is 9.03. The highest BCUT2D eigenvalue weighted by Gasteiger charge is 2.01. The first kappa shape index (κ1) is 10.0. The molecule has 70 valence electrons. The van der Waals surface area contributed by atoms with Gasteiger partial charge in [-0.2, -0.15) is 0 Å². The third-order valence-corrected chi connectivity index (χ3v) is 2.21. The Hall–Kier alpha value is -1.08. The van der Waals surface area contributed by atoms with Gasteiger partial charge in [-0.05, 0) is 22.6 Å². The maximum atomic E-state index is 5.53. The highest BCUT2D eigenvalue weighted by Crippen LogP contribution is 2.18. The van der Waals surface area contributed by atoms with Gasteiger partial charge in [0.2, 0.25) is 0 Å². The molecule has 0 aromatic heterocycles. The van der Waals surface area contributed by atoms with Crippen molar-refractivity contribution in [3.63, 3.8) is 0 Å². The van der Waals surface area contributed by atoms with E-state index < -0.39 is 0 Å². The van der Waals surface area contributed by atoms with Gasteiger partial charge in [-0.3, -0.25) is 0 Å². The average Bonchev–Trinajstić information content (AvgIpc) is 2.17. The van der Waals surface area contributed by atoms with Crippen LogP contribution in [-0.2, 0) is 0 Å². The fourth-order valence-electron chi connectivity index (χ4n) is 1.24. The normalized spacial score (nSPS) is 10.5. The van der Waals surface area contributed by atoms with Gasteiger partial charge in [-0.25, -0.2) is 0 Å². The molecule has 0 saturated carbocycles. The van der Waals surface area contributed by atoms with Crippen LogP contribution in [0.5, 0.6) is 0 Å². The van der Waals surface area contributed by atoms with Crippen LogP contribution in [0.1, 0.15) is 30.9 Å². The largest absolute Gasteiger partial charge is 0.326 e. The molecule has 1 nitrogen and oxygen atoms in total. The van der Waals surface area contributed by atoms with Crippen LogP contribution in [0, 0.1) is 0 Å². The van der Waals surface area contributed by atoms with E-state index >= 15 is 0 Å². The molecule has 2 N–H and O–H groups in total. The van der Waals surface area contributed by atoms with Gasteiger partial charge in [0.05, 0.1) is 0 Å². The third-order valence-electron chi connectivity index (χ3n) is 2.21. The van der Waals surface area contributed by atoms with Gasteiger partial charge in [0.25, 0.3) is 0 Å². The molecule has 0 bridgehead atoms. The van der Waals surface area contributed by atoms with E-state index in [1.807, 2.05) is 0 Å². The zero-order chi connectivity index (χ0) is 9.84. The lowest BCUT2D eigenvalue weighted by atomic mass is 9.98. The zero-order valence-electron chi connectivity index (χ0n) is 8.38.